The van der Waals surface area contributed by atoms with Crippen molar-refractivity contribution in [2.45, 2.75) is 32.9 Å². The predicted molar refractivity (Wildman–Crippen MR) is 106 cm³/mol. The Balaban J connectivity index is 1.82. The van der Waals surface area contributed by atoms with Crippen molar-refractivity contribution < 1.29 is 9.53 Å². The number of aromatic nitrogens is 4. The molecule has 1 aromatic heterocycles. The van der Waals surface area contributed by atoms with E-state index in [1.54, 1.807) is 4.68 Å². The highest BCUT2D eigenvalue weighted by atomic mass is 32.2. The van der Waals surface area contributed by atoms with E-state index in [0.29, 0.717) is 17.5 Å². The normalized spacial score (nSPS) is 10.8. The molecule has 3 rings (SSSR count). The minimum absolute atomic E-state index is 0.0719. The Labute approximate surface area is 162 Å². The molecule has 0 atom stereocenters. The molecule has 0 N–H and O–H groups in total. The lowest BCUT2D eigenvalue weighted by Crippen LogP contribution is -2.09. The highest BCUT2D eigenvalue weighted by molar-refractivity contribution is 7.99. The maximum absolute atomic E-state index is 12.8. The van der Waals surface area contributed by atoms with E-state index in [2.05, 4.69) is 15.5 Å². The fourth-order valence-corrected chi connectivity index (χ4v) is 3.91. The number of hydrogen-bond donors (Lipinski definition) is 0. The molecule has 3 aromatic rings. The first-order valence-corrected chi connectivity index (χ1v) is 9.74. The molecule has 0 radical (unpaired) electrons. The van der Waals surface area contributed by atoms with Crippen LogP contribution in [-0.2, 0) is 0 Å². The van der Waals surface area contributed by atoms with E-state index >= 15 is 0 Å². The molecule has 0 unspecified atom stereocenters. The molecule has 6 nitrogen and oxygen atoms in total. The van der Waals surface area contributed by atoms with E-state index in [-0.39, 0.29) is 11.5 Å². The van der Waals surface area contributed by atoms with E-state index in [1.807, 2.05) is 64.1 Å². The van der Waals surface area contributed by atoms with Gasteiger partial charge in [-0.1, -0.05) is 41.6 Å². The van der Waals surface area contributed by atoms with E-state index in [9.17, 15) is 4.79 Å². The summed E-state index contributed by atoms with van der Waals surface area (Å²) in [4.78, 5) is 12.8. The van der Waals surface area contributed by atoms with Crippen molar-refractivity contribution in [1.82, 2.24) is 20.2 Å². The second-order valence-corrected chi connectivity index (χ2v) is 7.20. The van der Waals surface area contributed by atoms with E-state index in [1.165, 1.54) is 11.8 Å². The molecule has 0 amide bonds. The summed E-state index contributed by atoms with van der Waals surface area (Å²) in [7, 11) is 0. The molecule has 0 aliphatic carbocycles. The molecule has 1 heterocycles. The number of benzene rings is 2. The Hall–Kier alpha value is -2.67. The van der Waals surface area contributed by atoms with Gasteiger partial charge in [-0.15, -0.1) is 5.10 Å². The van der Waals surface area contributed by atoms with Crippen LogP contribution in [0.25, 0.3) is 5.69 Å². The molecule has 27 heavy (non-hydrogen) atoms. The summed E-state index contributed by atoms with van der Waals surface area (Å²) in [6.07, 6.45) is 0. The van der Waals surface area contributed by atoms with Gasteiger partial charge in [0.15, 0.2) is 5.78 Å². The number of nitrogens with zero attached hydrogens (tertiary/aromatic N) is 4. The molecule has 0 spiro atoms. The molecule has 0 saturated carbocycles. The second kappa shape index (κ2) is 8.35. The first-order chi connectivity index (χ1) is 13.0. The van der Waals surface area contributed by atoms with Crippen LogP contribution in [-0.4, -0.2) is 38.4 Å². The minimum atomic E-state index is 0.0719. The van der Waals surface area contributed by atoms with Crippen LogP contribution < -0.4 is 4.74 Å². The second-order valence-electron chi connectivity index (χ2n) is 6.26. The molecule has 0 saturated heterocycles. The molecule has 0 bridgehead atoms. The molecular formula is C20H22N4O2S. The number of ketones is 1. The number of carbonyl (C=O) groups excluding carboxylic acids is 1. The Morgan fingerprint density at radius 3 is 2.56 bits per heavy atom. The smallest absolute Gasteiger partial charge is 0.214 e. The van der Waals surface area contributed by atoms with Crippen LogP contribution in [0.2, 0.25) is 0 Å². The first-order valence-electron chi connectivity index (χ1n) is 8.75. The predicted octanol–water partition coefficient (Wildman–Crippen LogP) is 3.96. The zero-order valence-corrected chi connectivity index (χ0v) is 16.7. The van der Waals surface area contributed by atoms with Gasteiger partial charge in [0, 0.05) is 5.56 Å². The van der Waals surface area contributed by atoms with E-state index < -0.39 is 0 Å². The van der Waals surface area contributed by atoms with Gasteiger partial charge >= 0.3 is 0 Å². The lowest BCUT2D eigenvalue weighted by molar-refractivity contribution is 0.102. The van der Waals surface area contributed by atoms with Crippen LogP contribution in [0.4, 0.5) is 0 Å². The molecule has 0 aliphatic heterocycles. The number of thioether (sulfide) groups is 1. The Morgan fingerprint density at radius 2 is 1.85 bits per heavy atom. The topological polar surface area (TPSA) is 69.9 Å². The third-order valence-electron chi connectivity index (χ3n) is 4.12. The number of Topliss-reactive ketones (excluding diaryl/α,β-unsaturated/α-hetero) is 1. The summed E-state index contributed by atoms with van der Waals surface area (Å²) < 4.78 is 7.27. The Morgan fingerprint density at radius 1 is 1.15 bits per heavy atom. The number of ether oxygens (including phenoxy) is 1. The molecule has 2 aromatic carbocycles. The van der Waals surface area contributed by atoms with Crippen molar-refractivity contribution in [3.63, 3.8) is 0 Å². The van der Waals surface area contributed by atoms with Crippen molar-refractivity contribution >= 4 is 17.5 Å². The summed E-state index contributed by atoms with van der Waals surface area (Å²) in [6, 6.07) is 11.6. The summed E-state index contributed by atoms with van der Waals surface area (Å²) >= 11 is 1.32. The van der Waals surface area contributed by atoms with Gasteiger partial charge in [-0.05, 0) is 61.4 Å². The maximum Gasteiger partial charge on any atom is 0.214 e. The summed E-state index contributed by atoms with van der Waals surface area (Å²) in [5.74, 6) is 1.04. The van der Waals surface area contributed by atoms with Crippen molar-refractivity contribution in [3.05, 3.63) is 58.7 Å². The van der Waals surface area contributed by atoms with Crippen LogP contribution in [0.15, 0.2) is 41.6 Å². The Kier molecular flexibility index (Phi) is 5.91. The fourth-order valence-electron chi connectivity index (χ4n) is 3.15. The van der Waals surface area contributed by atoms with Crippen LogP contribution in [0.3, 0.4) is 0 Å². The molecule has 0 fully saturated rings. The van der Waals surface area contributed by atoms with Gasteiger partial charge in [-0.25, -0.2) is 0 Å². The molecule has 140 valence electrons. The van der Waals surface area contributed by atoms with Crippen LogP contribution in [0.1, 0.15) is 34.0 Å². The highest BCUT2D eigenvalue weighted by Gasteiger charge is 2.17. The quantitative estimate of drug-likeness (QED) is 0.455. The van der Waals surface area contributed by atoms with Crippen molar-refractivity contribution in [2.24, 2.45) is 0 Å². The number of para-hydroxylation sites is 2. The largest absolute Gasteiger partial charge is 0.492 e. The summed E-state index contributed by atoms with van der Waals surface area (Å²) in [5.41, 5.74) is 4.69. The van der Waals surface area contributed by atoms with Gasteiger partial charge in [-0.3, -0.25) is 4.79 Å². The average molecular weight is 382 g/mol. The van der Waals surface area contributed by atoms with E-state index in [0.717, 1.165) is 27.9 Å². The number of tetrazole rings is 1. The molecular weight excluding hydrogens is 360 g/mol. The average Bonchev–Trinajstić information content (AvgIpc) is 3.08. The van der Waals surface area contributed by atoms with E-state index in [4.69, 9.17) is 4.74 Å². The van der Waals surface area contributed by atoms with Crippen molar-refractivity contribution in [2.75, 3.05) is 12.4 Å². The monoisotopic (exact) mass is 382 g/mol. The summed E-state index contributed by atoms with van der Waals surface area (Å²) in [6.45, 7) is 8.45. The van der Waals surface area contributed by atoms with Crippen LogP contribution >= 0.6 is 11.8 Å². The van der Waals surface area contributed by atoms with Gasteiger partial charge < -0.3 is 4.74 Å². The van der Waals surface area contributed by atoms with Crippen LogP contribution in [0, 0.1) is 20.8 Å². The third-order valence-corrected chi connectivity index (χ3v) is 5.04. The van der Waals surface area contributed by atoms with Gasteiger partial charge in [-0.2, -0.15) is 4.68 Å². The standard InChI is InChI=1S/C20H22N4O2S/c1-5-26-18-9-7-6-8-16(18)24-20(21-22-23-24)27-12-17(25)19-14(3)10-13(2)11-15(19)4/h6-11H,5,12H2,1-4H3. The van der Waals surface area contributed by atoms with Gasteiger partial charge in [0.2, 0.25) is 5.16 Å². The Bertz CT molecular complexity index is 945. The minimum Gasteiger partial charge on any atom is -0.492 e. The third kappa shape index (κ3) is 4.19. The zero-order chi connectivity index (χ0) is 19.4. The lowest BCUT2D eigenvalue weighted by atomic mass is 9.97. The number of rotatable bonds is 7. The molecule has 7 heteroatoms. The highest BCUT2D eigenvalue weighted by Crippen LogP contribution is 2.27. The van der Waals surface area contributed by atoms with Crippen LogP contribution in [0.5, 0.6) is 5.75 Å². The van der Waals surface area contributed by atoms with Crippen molar-refractivity contribution in [3.8, 4) is 11.4 Å². The van der Waals surface area contributed by atoms with Gasteiger partial charge in [0.05, 0.1) is 12.4 Å². The van der Waals surface area contributed by atoms with Gasteiger partial charge in [0.1, 0.15) is 11.4 Å². The number of hydrogen-bond acceptors (Lipinski definition) is 6. The summed E-state index contributed by atoms with van der Waals surface area (Å²) in [5, 5.41) is 12.5. The SMILES string of the molecule is CCOc1ccccc1-n1nnnc1SCC(=O)c1c(C)cc(C)cc1C. The number of aryl methyl sites for hydroxylation is 3. The maximum atomic E-state index is 12.8. The van der Waals surface area contributed by atoms with Crippen molar-refractivity contribution in [1.29, 1.82) is 0 Å². The van der Waals surface area contributed by atoms with Gasteiger partial charge in [0.25, 0.3) is 0 Å². The first kappa shape index (κ1) is 19.1. The fraction of sp³-hybridized carbons (Fsp3) is 0.300. The lowest BCUT2D eigenvalue weighted by Gasteiger charge is -2.11. The number of carbonyl (C=O) groups is 1. The molecule has 0 aliphatic rings. The zero-order valence-electron chi connectivity index (χ0n) is 15.9.